The van der Waals surface area contributed by atoms with Crippen molar-refractivity contribution in [2.75, 3.05) is 0 Å². The Morgan fingerprint density at radius 2 is 2.09 bits per heavy atom. The van der Waals surface area contributed by atoms with Crippen LogP contribution in [0.3, 0.4) is 0 Å². The van der Waals surface area contributed by atoms with Crippen molar-refractivity contribution in [2.45, 2.75) is 57.8 Å². The zero-order valence-corrected chi connectivity index (χ0v) is 14.4. The van der Waals surface area contributed by atoms with Crippen molar-refractivity contribution in [3.05, 3.63) is 45.0 Å². The Balaban J connectivity index is 2.00. The fourth-order valence-corrected chi connectivity index (χ4v) is 5.06. The summed E-state index contributed by atoms with van der Waals surface area (Å²) in [7, 11) is 1.81. The van der Waals surface area contributed by atoms with Crippen LogP contribution < -0.4 is 5.56 Å². The Bertz CT molecular complexity index is 862. The molecular formula is C18H23N3O2. The summed E-state index contributed by atoms with van der Waals surface area (Å²) in [6.07, 6.45) is 4.45. The highest BCUT2D eigenvalue weighted by molar-refractivity contribution is 5.41. The van der Waals surface area contributed by atoms with Crippen LogP contribution in [0, 0.1) is 12.8 Å². The van der Waals surface area contributed by atoms with E-state index in [0.29, 0.717) is 5.92 Å². The van der Waals surface area contributed by atoms with Gasteiger partial charge in [-0.05, 0) is 32.1 Å². The normalized spacial score (nSPS) is 28.0. The number of nitrogens with zero attached hydrogens (tertiary/aromatic N) is 3. The molecule has 1 unspecified atom stereocenters. The lowest BCUT2D eigenvalue weighted by Gasteiger charge is -2.51. The van der Waals surface area contributed by atoms with Crippen molar-refractivity contribution < 1.29 is 4.52 Å². The first kappa shape index (κ1) is 14.7. The third-order valence-electron chi connectivity index (χ3n) is 6.26. The Kier molecular flexibility index (Phi) is 2.77. The zero-order valence-electron chi connectivity index (χ0n) is 14.4. The van der Waals surface area contributed by atoms with E-state index in [1.54, 1.807) is 4.57 Å². The quantitative estimate of drug-likeness (QED) is 0.749. The molecule has 2 aliphatic rings. The molecule has 4 rings (SSSR count). The highest BCUT2D eigenvalue weighted by Crippen LogP contribution is 2.55. The molecule has 0 saturated carbocycles. The van der Waals surface area contributed by atoms with Gasteiger partial charge in [0.25, 0.3) is 5.56 Å². The average Bonchev–Trinajstić information content (AvgIpc) is 2.94. The van der Waals surface area contributed by atoms with Gasteiger partial charge in [-0.25, -0.2) is 4.98 Å². The maximum atomic E-state index is 12.7. The van der Waals surface area contributed by atoms with E-state index in [4.69, 9.17) is 9.51 Å². The topological polar surface area (TPSA) is 60.9 Å². The lowest BCUT2D eigenvalue weighted by molar-refractivity contribution is 0.107. The molecule has 2 aromatic heterocycles. The van der Waals surface area contributed by atoms with Gasteiger partial charge >= 0.3 is 0 Å². The molecule has 0 fully saturated rings. The summed E-state index contributed by atoms with van der Waals surface area (Å²) in [6.45, 7) is 8.64. The van der Waals surface area contributed by atoms with Crippen LogP contribution in [0.2, 0.25) is 0 Å². The molecule has 0 amide bonds. The molecule has 5 heteroatoms. The minimum Gasteiger partial charge on any atom is -0.361 e. The molecule has 0 aliphatic heterocycles. The number of fused-ring (bicyclic) bond motifs is 4. The van der Waals surface area contributed by atoms with Crippen LogP contribution in [0.15, 0.2) is 15.5 Å². The third-order valence-corrected chi connectivity index (χ3v) is 6.26. The van der Waals surface area contributed by atoms with Crippen molar-refractivity contribution in [3.63, 3.8) is 0 Å². The summed E-state index contributed by atoms with van der Waals surface area (Å²) in [5, 5.41) is 4.03. The van der Waals surface area contributed by atoms with E-state index >= 15 is 0 Å². The fourth-order valence-electron chi connectivity index (χ4n) is 5.06. The molecule has 23 heavy (non-hydrogen) atoms. The molecule has 0 N–H and O–H groups in total. The molecule has 0 spiro atoms. The largest absolute Gasteiger partial charge is 0.361 e. The van der Waals surface area contributed by atoms with Crippen molar-refractivity contribution in [2.24, 2.45) is 13.0 Å². The van der Waals surface area contributed by atoms with Gasteiger partial charge < -0.3 is 4.52 Å². The third kappa shape index (κ3) is 1.71. The Hall–Kier alpha value is -1.91. The SMILES string of the molecule is Cc1nc2c(c(=O)n1C)CCC1C(C)(C)c3oncc3C[C@]21C. The summed E-state index contributed by atoms with van der Waals surface area (Å²) in [5.41, 5.74) is 2.91. The van der Waals surface area contributed by atoms with Crippen LogP contribution in [-0.4, -0.2) is 14.7 Å². The van der Waals surface area contributed by atoms with Crippen LogP contribution in [0.1, 0.15) is 55.6 Å². The first-order valence-corrected chi connectivity index (χ1v) is 8.28. The first-order chi connectivity index (χ1) is 10.8. The van der Waals surface area contributed by atoms with E-state index in [1.807, 2.05) is 20.2 Å². The van der Waals surface area contributed by atoms with E-state index in [1.165, 1.54) is 0 Å². The second kappa shape index (κ2) is 4.34. The predicted octanol–water partition coefficient (Wildman–Crippen LogP) is 2.43. The van der Waals surface area contributed by atoms with E-state index in [9.17, 15) is 4.79 Å². The monoisotopic (exact) mass is 313 g/mol. The number of hydrogen-bond donors (Lipinski definition) is 0. The molecule has 5 nitrogen and oxygen atoms in total. The van der Waals surface area contributed by atoms with Gasteiger partial charge in [0.05, 0.1) is 11.9 Å². The number of aromatic nitrogens is 3. The second-order valence-electron chi connectivity index (χ2n) is 7.94. The summed E-state index contributed by atoms with van der Waals surface area (Å²) in [5.74, 6) is 2.18. The van der Waals surface area contributed by atoms with Crippen molar-refractivity contribution in [1.29, 1.82) is 0 Å². The van der Waals surface area contributed by atoms with Gasteiger partial charge in [0.2, 0.25) is 0 Å². The molecule has 2 aromatic rings. The standard InChI is InChI=1S/C18H23N3O2/c1-10-20-14-12(16(22)21(10)5)6-7-13-17(2,3)15-11(9-19-23-15)8-18(13,14)4/h9,13H,6-8H2,1-5H3/t13?,18-/m0/s1. The Morgan fingerprint density at radius 1 is 1.35 bits per heavy atom. The average molecular weight is 313 g/mol. The molecule has 2 heterocycles. The molecule has 0 radical (unpaired) electrons. The minimum absolute atomic E-state index is 0.104. The van der Waals surface area contributed by atoms with Gasteiger partial charge in [0, 0.05) is 29.0 Å². The van der Waals surface area contributed by atoms with Gasteiger partial charge in [-0.3, -0.25) is 9.36 Å². The molecule has 0 aromatic carbocycles. The molecule has 0 bridgehead atoms. The van der Waals surface area contributed by atoms with E-state index in [-0.39, 0.29) is 16.4 Å². The highest BCUT2D eigenvalue weighted by Gasteiger charge is 2.55. The van der Waals surface area contributed by atoms with Gasteiger partial charge in [-0.15, -0.1) is 0 Å². The van der Waals surface area contributed by atoms with Gasteiger partial charge in [-0.2, -0.15) is 0 Å². The van der Waals surface area contributed by atoms with Gasteiger partial charge in [0.15, 0.2) is 0 Å². The maximum absolute atomic E-state index is 12.7. The number of aryl methyl sites for hydroxylation is 1. The molecule has 122 valence electrons. The molecule has 2 aliphatic carbocycles. The summed E-state index contributed by atoms with van der Waals surface area (Å²) >= 11 is 0. The van der Waals surface area contributed by atoms with Crippen molar-refractivity contribution >= 4 is 0 Å². The summed E-state index contributed by atoms with van der Waals surface area (Å²) < 4.78 is 7.25. The Morgan fingerprint density at radius 3 is 2.83 bits per heavy atom. The van der Waals surface area contributed by atoms with Gasteiger partial charge in [-0.1, -0.05) is 25.9 Å². The smallest absolute Gasteiger partial charge is 0.256 e. The van der Waals surface area contributed by atoms with Crippen LogP contribution in [-0.2, 0) is 30.7 Å². The Labute approximate surface area is 135 Å². The summed E-state index contributed by atoms with van der Waals surface area (Å²) in [6, 6.07) is 0. The first-order valence-electron chi connectivity index (χ1n) is 8.28. The molecule has 0 saturated heterocycles. The lowest BCUT2D eigenvalue weighted by Crippen LogP contribution is -2.53. The molecular weight excluding hydrogens is 290 g/mol. The van der Waals surface area contributed by atoms with Crippen LogP contribution in [0.5, 0.6) is 0 Å². The van der Waals surface area contributed by atoms with E-state index in [2.05, 4.69) is 25.9 Å². The van der Waals surface area contributed by atoms with Crippen molar-refractivity contribution in [3.8, 4) is 0 Å². The van der Waals surface area contributed by atoms with Gasteiger partial charge in [0.1, 0.15) is 11.6 Å². The van der Waals surface area contributed by atoms with E-state index < -0.39 is 0 Å². The maximum Gasteiger partial charge on any atom is 0.256 e. The lowest BCUT2D eigenvalue weighted by atomic mass is 9.51. The van der Waals surface area contributed by atoms with Crippen LogP contribution in [0.4, 0.5) is 0 Å². The van der Waals surface area contributed by atoms with Crippen LogP contribution in [0.25, 0.3) is 0 Å². The zero-order chi connectivity index (χ0) is 16.6. The number of rotatable bonds is 0. The second-order valence-corrected chi connectivity index (χ2v) is 7.94. The van der Waals surface area contributed by atoms with Crippen LogP contribution >= 0.6 is 0 Å². The minimum atomic E-state index is -0.145. The predicted molar refractivity (Wildman–Crippen MR) is 86.6 cm³/mol. The van der Waals surface area contributed by atoms with Crippen molar-refractivity contribution in [1.82, 2.24) is 14.7 Å². The number of hydrogen-bond acceptors (Lipinski definition) is 4. The molecule has 2 atom stereocenters. The highest BCUT2D eigenvalue weighted by atomic mass is 16.5. The fraction of sp³-hybridized carbons (Fsp3) is 0.611. The van der Waals surface area contributed by atoms with E-state index in [0.717, 1.165) is 47.7 Å². The summed E-state index contributed by atoms with van der Waals surface area (Å²) in [4.78, 5) is 17.6.